The highest BCUT2D eigenvalue weighted by Gasteiger charge is 2.23. The average Bonchev–Trinajstić information content (AvgIpc) is 2.86. The van der Waals surface area contributed by atoms with Gasteiger partial charge in [-0.1, -0.05) is 48.9 Å². The third kappa shape index (κ3) is 5.58. The van der Waals surface area contributed by atoms with Gasteiger partial charge in [-0.15, -0.1) is 0 Å². The van der Waals surface area contributed by atoms with E-state index in [4.69, 9.17) is 9.84 Å². The second-order valence-electron chi connectivity index (χ2n) is 8.99. The van der Waals surface area contributed by atoms with E-state index in [1.807, 2.05) is 72.5 Å². The van der Waals surface area contributed by atoms with Crippen LogP contribution in [0.15, 0.2) is 60.7 Å². The van der Waals surface area contributed by atoms with Crippen LogP contribution >= 0.6 is 0 Å². The van der Waals surface area contributed by atoms with Gasteiger partial charge in [0.05, 0.1) is 11.8 Å². The van der Waals surface area contributed by atoms with Crippen molar-refractivity contribution in [2.75, 3.05) is 11.4 Å². The van der Waals surface area contributed by atoms with Crippen LogP contribution in [0.5, 0.6) is 5.75 Å². The Kier molecular flexibility index (Phi) is 7.84. The summed E-state index contributed by atoms with van der Waals surface area (Å²) in [5.74, 6) is -0.194. The molecule has 0 aromatic heterocycles. The lowest BCUT2D eigenvalue weighted by atomic mass is 9.97. The topological polar surface area (TPSA) is 66.8 Å². The van der Waals surface area contributed by atoms with Crippen LogP contribution in [0, 0.1) is 0 Å². The number of anilines is 1. The van der Waals surface area contributed by atoms with Crippen molar-refractivity contribution in [3.63, 3.8) is 0 Å². The summed E-state index contributed by atoms with van der Waals surface area (Å²) in [4.78, 5) is 26.8. The highest BCUT2D eigenvalue weighted by atomic mass is 16.5. The zero-order chi connectivity index (χ0) is 23.9. The van der Waals surface area contributed by atoms with Gasteiger partial charge in [0.25, 0.3) is 5.91 Å². The van der Waals surface area contributed by atoms with Crippen LogP contribution in [0.3, 0.4) is 0 Å². The number of carboxylic acid groups (broad SMARTS) is 1. The minimum absolute atomic E-state index is 0.0781. The zero-order valence-corrected chi connectivity index (χ0v) is 19.8. The number of rotatable bonds is 9. The number of fused-ring (bicyclic) bond motifs is 1. The van der Waals surface area contributed by atoms with Crippen molar-refractivity contribution >= 4 is 28.3 Å². The van der Waals surface area contributed by atoms with Crippen LogP contribution in [0.1, 0.15) is 67.8 Å². The van der Waals surface area contributed by atoms with Crippen LogP contribution in [-0.4, -0.2) is 29.6 Å². The molecule has 0 saturated heterocycles. The van der Waals surface area contributed by atoms with E-state index in [0.29, 0.717) is 30.7 Å². The van der Waals surface area contributed by atoms with Gasteiger partial charge in [-0.3, -0.25) is 9.59 Å². The van der Waals surface area contributed by atoms with E-state index in [1.54, 1.807) is 0 Å². The summed E-state index contributed by atoms with van der Waals surface area (Å²) in [5.41, 5.74) is 2.33. The molecule has 1 fully saturated rings. The fourth-order valence-electron chi connectivity index (χ4n) is 4.86. The van der Waals surface area contributed by atoms with Crippen molar-refractivity contribution in [3.8, 4) is 5.75 Å². The molecule has 1 saturated carbocycles. The molecule has 4 rings (SSSR count). The second-order valence-corrected chi connectivity index (χ2v) is 8.99. The summed E-state index contributed by atoms with van der Waals surface area (Å²) >= 11 is 0. The van der Waals surface area contributed by atoms with Crippen molar-refractivity contribution in [1.29, 1.82) is 0 Å². The largest absolute Gasteiger partial charge is 0.490 e. The van der Waals surface area contributed by atoms with Gasteiger partial charge >= 0.3 is 5.97 Å². The fraction of sp³-hybridized carbons (Fsp3) is 0.379. The lowest BCUT2D eigenvalue weighted by Crippen LogP contribution is -2.31. The van der Waals surface area contributed by atoms with E-state index in [0.717, 1.165) is 34.9 Å². The van der Waals surface area contributed by atoms with Gasteiger partial charge in [-0.25, -0.2) is 0 Å². The average molecular weight is 460 g/mol. The summed E-state index contributed by atoms with van der Waals surface area (Å²) in [5, 5.41) is 11.2. The zero-order valence-electron chi connectivity index (χ0n) is 19.8. The molecule has 1 aliphatic rings. The van der Waals surface area contributed by atoms with Crippen LogP contribution in [0.25, 0.3) is 10.8 Å². The first-order chi connectivity index (χ1) is 16.6. The van der Waals surface area contributed by atoms with E-state index >= 15 is 0 Å². The SMILES string of the molecule is CCN(C(=O)c1cc(OC2CCCCC2)ccc1CCCC(=O)O)c1cccc2ccccc12. The lowest BCUT2D eigenvalue weighted by molar-refractivity contribution is -0.137. The summed E-state index contributed by atoms with van der Waals surface area (Å²) in [6.07, 6.45) is 6.97. The molecular weight excluding hydrogens is 426 g/mol. The van der Waals surface area contributed by atoms with E-state index in [-0.39, 0.29) is 18.4 Å². The van der Waals surface area contributed by atoms with E-state index in [9.17, 15) is 9.59 Å². The van der Waals surface area contributed by atoms with Crippen LogP contribution < -0.4 is 9.64 Å². The molecule has 178 valence electrons. The molecule has 0 atom stereocenters. The van der Waals surface area contributed by atoms with Crippen molar-refractivity contribution in [3.05, 3.63) is 71.8 Å². The number of amides is 1. The first-order valence-electron chi connectivity index (χ1n) is 12.4. The molecule has 5 heteroatoms. The molecule has 1 aliphatic carbocycles. The molecule has 0 heterocycles. The standard InChI is InChI=1S/C29H33NO4/c1-2-30(27-16-8-11-21-10-6-7-15-25(21)27)29(33)26-20-24(34-23-13-4-3-5-14-23)19-18-22(26)12-9-17-28(31)32/h6-8,10-11,15-16,18-20,23H,2-5,9,12-14,17H2,1H3,(H,31,32). The van der Waals surface area contributed by atoms with Gasteiger partial charge in [0.15, 0.2) is 0 Å². The van der Waals surface area contributed by atoms with Crippen molar-refractivity contribution < 1.29 is 19.4 Å². The van der Waals surface area contributed by atoms with Gasteiger partial charge in [0.2, 0.25) is 0 Å². The van der Waals surface area contributed by atoms with Gasteiger partial charge < -0.3 is 14.7 Å². The number of aryl methyl sites for hydroxylation is 1. The Morgan fingerprint density at radius 3 is 2.53 bits per heavy atom. The lowest BCUT2D eigenvalue weighted by Gasteiger charge is -2.26. The first-order valence-corrected chi connectivity index (χ1v) is 12.4. The van der Waals surface area contributed by atoms with Crippen LogP contribution in [-0.2, 0) is 11.2 Å². The molecule has 0 radical (unpaired) electrons. The Balaban J connectivity index is 1.68. The quantitative estimate of drug-likeness (QED) is 0.390. The van der Waals surface area contributed by atoms with Crippen molar-refractivity contribution in [2.45, 2.75) is 64.4 Å². The Bertz CT molecular complexity index is 1140. The maximum atomic E-state index is 13.9. The number of nitrogens with zero attached hydrogens (tertiary/aromatic N) is 1. The van der Waals surface area contributed by atoms with Gasteiger partial charge in [0, 0.05) is 23.9 Å². The maximum absolute atomic E-state index is 13.9. The summed E-state index contributed by atoms with van der Waals surface area (Å²) in [6, 6.07) is 19.8. The number of hydrogen-bond acceptors (Lipinski definition) is 3. The van der Waals surface area contributed by atoms with Crippen molar-refractivity contribution in [1.82, 2.24) is 0 Å². The molecule has 0 aliphatic heterocycles. The third-order valence-corrected chi connectivity index (χ3v) is 6.62. The minimum Gasteiger partial charge on any atom is -0.490 e. The Morgan fingerprint density at radius 1 is 1.00 bits per heavy atom. The Morgan fingerprint density at radius 2 is 1.76 bits per heavy atom. The normalized spacial score (nSPS) is 14.1. The molecule has 34 heavy (non-hydrogen) atoms. The van der Waals surface area contributed by atoms with Crippen LogP contribution in [0.2, 0.25) is 0 Å². The third-order valence-electron chi connectivity index (χ3n) is 6.62. The minimum atomic E-state index is -0.823. The molecule has 5 nitrogen and oxygen atoms in total. The molecule has 0 unspecified atom stereocenters. The molecular formula is C29H33NO4. The first kappa shape index (κ1) is 23.8. The maximum Gasteiger partial charge on any atom is 0.303 e. The summed E-state index contributed by atoms with van der Waals surface area (Å²) in [7, 11) is 0. The van der Waals surface area contributed by atoms with Crippen LogP contribution in [0.4, 0.5) is 5.69 Å². The summed E-state index contributed by atoms with van der Waals surface area (Å²) < 4.78 is 6.27. The molecule has 3 aromatic rings. The number of ether oxygens (including phenoxy) is 1. The van der Waals surface area contributed by atoms with Gasteiger partial charge in [0.1, 0.15) is 5.75 Å². The highest BCUT2D eigenvalue weighted by Crippen LogP contribution is 2.31. The Labute approximate surface area is 201 Å². The molecule has 1 amide bonds. The number of carboxylic acids is 1. The number of hydrogen-bond donors (Lipinski definition) is 1. The van der Waals surface area contributed by atoms with E-state index in [2.05, 4.69) is 0 Å². The Hall–Kier alpha value is -3.34. The van der Waals surface area contributed by atoms with Gasteiger partial charge in [-0.05, 0) is 74.6 Å². The monoisotopic (exact) mass is 459 g/mol. The summed E-state index contributed by atoms with van der Waals surface area (Å²) in [6.45, 7) is 2.50. The predicted molar refractivity (Wildman–Crippen MR) is 136 cm³/mol. The van der Waals surface area contributed by atoms with Crippen molar-refractivity contribution in [2.24, 2.45) is 0 Å². The van der Waals surface area contributed by atoms with E-state index < -0.39 is 5.97 Å². The van der Waals surface area contributed by atoms with E-state index in [1.165, 1.54) is 19.3 Å². The number of benzene rings is 3. The molecule has 0 bridgehead atoms. The predicted octanol–water partition coefficient (Wildman–Crippen LogP) is 6.63. The highest BCUT2D eigenvalue weighted by molar-refractivity contribution is 6.11. The number of aliphatic carboxylic acids is 1. The number of carbonyl (C=O) groups is 2. The molecule has 3 aromatic carbocycles. The smallest absolute Gasteiger partial charge is 0.303 e. The fourth-order valence-corrected chi connectivity index (χ4v) is 4.86. The molecule has 1 N–H and O–H groups in total. The second kappa shape index (κ2) is 11.2. The number of carbonyl (C=O) groups excluding carboxylic acids is 1. The van der Waals surface area contributed by atoms with Gasteiger partial charge in [-0.2, -0.15) is 0 Å². The molecule has 0 spiro atoms.